The normalized spacial score (nSPS) is 11.7. The molecule has 0 saturated carbocycles. The molecular weight excluding hydrogens is 352 g/mol. The highest BCUT2D eigenvalue weighted by Crippen LogP contribution is 2.21. The van der Waals surface area contributed by atoms with Gasteiger partial charge in [-0.05, 0) is 26.3 Å². The Labute approximate surface area is 156 Å². The van der Waals surface area contributed by atoms with Crippen molar-refractivity contribution in [3.8, 4) is 0 Å². The van der Waals surface area contributed by atoms with Gasteiger partial charge in [0, 0.05) is 6.42 Å². The molecule has 0 aliphatic heterocycles. The Bertz CT molecular complexity index is 832. The van der Waals surface area contributed by atoms with Gasteiger partial charge in [0.05, 0.1) is 11.5 Å². The van der Waals surface area contributed by atoms with E-state index in [1.807, 2.05) is 30.3 Å². The average molecular weight is 374 g/mol. The second-order valence-electron chi connectivity index (χ2n) is 6.00. The molecule has 1 amide bonds. The summed E-state index contributed by atoms with van der Waals surface area (Å²) in [5, 5.41) is 17.8. The zero-order valence-electron chi connectivity index (χ0n) is 15.5. The van der Waals surface area contributed by atoms with Crippen LogP contribution in [0.15, 0.2) is 30.3 Å². The summed E-state index contributed by atoms with van der Waals surface area (Å²) in [7, 11) is 0. The van der Waals surface area contributed by atoms with Crippen molar-refractivity contribution in [1.82, 2.24) is 15.1 Å². The van der Waals surface area contributed by atoms with Gasteiger partial charge in [-0.15, -0.1) is 0 Å². The molecule has 0 spiro atoms. The molecule has 0 fully saturated rings. The van der Waals surface area contributed by atoms with Gasteiger partial charge in [-0.2, -0.15) is 5.10 Å². The molecule has 0 aliphatic rings. The lowest BCUT2D eigenvalue weighted by molar-refractivity contribution is -0.386. The number of amides is 1. The first kappa shape index (κ1) is 20.1. The Morgan fingerprint density at radius 1 is 1.30 bits per heavy atom. The molecule has 1 heterocycles. The van der Waals surface area contributed by atoms with Gasteiger partial charge < -0.3 is 10.1 Å². The van der Waals surface area contributed by atoms with Crippen LogP contribution in [0.25, 0.3) is 0 Å². The second kappa shape index (κ2) is 8.93. The van der Waals surface area contributed by atoms with E-state index in [1.165, 1.54) is 18.5 Å². The zero-order chi connectivity index (χ0) is 20.0. The minimum absolute atomic E-state index is 0.117. The third kappa shape index (κ3) is 5.13. The Balaban J connectivity index is 2.12. The summed E-state index contributed by atoms with van der Waals surface area (Å²) in [5.74, 6) is -1.02. The number of benzene rings is 1. The maximum absolute atomic E-state index is 12.4. The molecule has 1 N–H and O–H groups in total. The molecule has 0 bridgehead atoms. The Morgan fingerprint density at radius 2 is 1.96 bits per heavy atom. The van der Waals surface area contributed by atoms with E-state index < -0.39 is 22.8 Å². The summed E-state index contributed by atoms with van der Waals surface area (Å²) >= 11 is 0. The lowest BCUT2D eigenvalue weighted by Gasteiger charge is -2.17. The highest BCUT2D eigenvalue weighted by atomic mass is 16.6. The van der Waals surface area contributed by atoms with Crippen molar-refractivity contribution in [3.63, 3.8) is 0 Å². The van der Waals surface area contributed by atoms with Crippen LogP contribution in [-0.4, -0.2) is 39.2 Å². The van der Waals surface area contributed by atoms with Crippen LogP contribution in [0, 0.1) is 24.0 Å². The number of hydrogen-bond donors (Lipinski definition) is 1. The second-order valence-corrected chi connectivity index (χ2v) is 6.00. The van der Waals surface area contributed by atoms with E-state index in [0.29, 0.717) is 0 Å². The lowest BCUT2D eigenvalue weighted by Crippen LogP contribution is -2.44. The van der Waals surface area contributed by atoms with Crippen LogP contribution in [0.5, 0.6) is 0 Å². The topological polar surface area (TPSA) is 116 Å². The highest BCUT2D eigenvalue weighted by molar-refractivity contribution is 5.84. The Kier molecular flexibility index (Phi) is 6.64. The molecule has 0 radical (unpaired) electrons. The number of nitrogens with one attached hydrogen (secondary N) is 1. The fraction of sp³-hybridized carbons (Fsp3) is 0.389. The van der Waals surface area contributed by atoms with Crippen LogP contribution in [0.2, 0.25) is 0 Å². The molecule has 0 unspecified atom stereocenters. The lowest BCUT2D eigenvalue weighted by atomic mass is 10.1. The molecule has 1 aromatic heterocycles. The van der Waals surface area contributed by atoms with Gasteiger partial charge in [-0.3, -0.25) is 19.6 Å². The first-order chi connectivity index (χ1) is 12.8. The van der Waals surface area contributed by atoms with Gasteiger partial charge in [-0.25, -0.2) is 4.79 Å². The summed E-state index contributed by atoms with van der Waals surface area (Å²) in [6, 6.07) is 8.39. The molecule has 0 aliphatic carbocycles. The molecule has 2 aromatic rings. The first-order valence-electron chi connectivity index (χ1n) is 8.51. The maximum Gasteiger partial charge on any atom is 0.328 e. The zero-order valence-corrected chi connectivity index (χ0v) is 15.5. The maximum atomic E-state index is 12.4. The number of hydrogen-bond acceptors (Lipinski definition) is 6. The van der Waals surface area contributed by atoms with Gasteiger partial charge in [0.15, 0.2) is 0 Å². The number of aryl methyl sites for hydroxylation is 1. The van der Waals surface area contributed by atoms with Crippen LogP contribution in [0.1, 0.15) is 23.9 Å². The fourth-order valence-corrected chi connectivity index (χ4v) is 2.77. The molecule has 144 valence electrons. The van der Waals surface area contributed by atoms with Crippen molar-refractivity contribution in [3.05, 3.63) is 57.4 Å². The number of esters is 1. The summed E-state index contributed by atoms with van der Waals surface area (Å²) < 4.78 is 6.30. The summed E-state index contributed by atoms with van der Waals surface area (Å²) in [6.07, 6.45) is 0.280. The number of carbonyl (C=O) groups is 2. The third-order valence-electron chi connectivity index (χ3n) is 4.01. The minimum atomic E-state index is -0.855. The number of rotatable bonds is 8. The van der Waals surface area contributed by atoms with E-state index in [1.54, 1.807) is 6.92 Å². The molecule has 2 rings (SSSR count). The van der Waals surface area contributed by atoms with E-state index in [9.17, 15) is 19.7 Å². The van der Waals surface area contributed by atoms with Gasteiger partial charge in [0.1, 0.15) is 24.0 Å². The Morgan fingerprint density at radius 3 is 2.52 bits per heavy atom. The van der Waals surface area contributed by atoms with Crippen molar-refractivity contribution < 1.29 is 19.2 Å². The standard InChI is InChI=1S/C18H22N4O5/c1-4-27-18(24)15(10-14-8-6-5-7-9-14)19-16(23)11-21-13(3)17(22(25)26)12(2)20-21/h5-9,15H,4,10-11H2,1-3H3,(H,19,23)/t15-/m0/s1. The smallest absolute Gasteiger partial charge is 0.328 e. The summed E-state index contributed by atoms with van der Waals surface area (Å²) in [5.41, 5.74) is 1.27. The average Bonchev–Trinajstić information content (AvgIpc) is 2.89. The van der Waals surface area contributed by atoms with E-state index in [4.69, 9.17) is 4.74 Å². The van der Waals surface area contributed by atoms with Crippen LogP contribution >= 0.6 is 0 Å². The summed E-state index contributed by atoms with van der Waals surface area (Å²) in [4.78, 5) is 35.2. The van der Waals surface area contributed by atoms with Crippen molar-refractivity contribution in [2.24, 2.45) is 0 Å². The highest BCUT2D eigenvalue weighted by Gasteiger charge is 2.25. The van der Waals surface area contributed by atoms with Gasteiger partial charge in [-0.1, -0.05) is 30.3 Å². The molecule has 1 aromatic carbocycles. The fourth-order valence-electron chi connectivity index (χ4n) is 2.77. The molecule has 1 atom stereocenters. The molecular formula is C18H22N4O5. The number of nitrogens with zero attached hydrogens (tertiary/aromatic N) is 3. The number of nitro groups is 1. The van der Waals surface area contributed by atoms with Crippen molar-refractivity contribution in [2.45, 2.75) is 39.8 Å². The van der Waals surface area contributed by atoms with Crippen LogP contribution in [0.4, 0.5) is 5.69 Å². The number of ether oxygens (including phenoxy) is 1. The number of carbonyl (C=O) groups excluding carboxylic acids is 2. The molecule has 0 saturated heterocycles. The summed E-state index contributed by atoms with van der Waals surface area (Å²) in [6.45, 7) is 4.69. The van der Waals surface area contributed by atoms with E-state index in [2.05, 4.69) is 10.4 Å². The number of aromatic nitrogens is 2. The molecule has 9 nitrogen and oxygen atoms in total. The molecule has 9 heteroatoms. The predicted octanol–water partition coefficient (Wildman–Crippen LogP) is 1.70. The Hall–Kier alpha value is -3.23. The SMILES string of the molecule is CCOC(=O)[C@H](Cc1ccccc1)NC(=O)Cn1nc(C)c([N+](=O)[O-])c1C. The van der Waals surface area contributed by atoms with Crippen LogP contribution in [0.3, 0.4) is 0 Å². The van der Waals surface area contributed by atoms with Gasteiger partial charge in [0.25, 0.3) is 0 Å². The molecule has 27 heavy (non-hydrogen) atoms. The van der Waals surface area contributed by atoms with Gasteiger partial charge >= 0.3 is 11.7 Å². The van der Waals surface area contributed by atoms with Gasteiger partial charge in [0.2, 0.25) is 5.91 Å². The largest absolute Gasteiger partial charge is 0.464 e. The quantitative estimate of drug-likeness (QED) is 0.427. The van der Waals surface area contributed by atoms with E-state index in [-0.39, 0.29) is 36.6 Å². The van der Waals surface area contributed by atoms with Crippen LogP contribution < -0.4 is 5.32 Å². The monoisotopic (exact) mass is 374 g/mol. The van der Waals surface area contributed by atoms with Crippen molar-refractivity contribution in [2.75, 3.05) is 6.61 Å². The van der Waals surface area contributed by atoms with Crippen LogP contribution in [-0.2, 0) is 27.3 Å². The first-order valence-corrected chi connectivity index (χ1v) is 8.51. The van der Waals surface area contributed by atoms with Crippen molar-refractivity contribution in [1.29, 1.82) is 0 Å². The van der Waals surface area contributed by atoms with E-state index >= 15 is 0 Å². The van der Waals surface area contributed by atoms with Crippen molar-refractivity contribution >= 4 is 17.6 Å². The minimum Gasteiger partial charge on any atom is -0.464 e. The third-order valence-corrected chi connectivity index (χ3v) is 4.01. The van der Waals surface area contributed by atoms with E-state index in [0.717, 1.165) is 5.56 Å². The predicted molar refractivity (Wildman–Crippen MR) is 97.1 cm³/mol.